The Labute approximate surface area is 123 Å². The Morgan fingerprint density at radius 2 is 1.81 bits per heavy atom. The Bertz CT molecular complexity index is 426. The zero-order valence-corrected chi connectivity index (χ0v) is 12.1. The van der Waals surface area contributed by atoms with Crippen LogP contribution in [0.2, 0.25) is 0 Å². The summed E-state index contributed by atoms with van der Waals surface area (Å²) in [6, 6.07) is 6.21. The van der Waals surface area contributed by atoms with E-state index in [-0.39, 0.29) is 5.75 Å². The lowest BCUT2D eigenvalue weighted by atomic mass is 9.91. The zero-order chi connectivity index (χ0) is 15.3. The molecule has 1 aromatic carbocycles. The number of rotatable bonds is 5. The highest BCUT2D eigenvalue weighted by Gasteiger charge is 2.31. The SMILES string of the molecule is CCNN1CCC(Cc2ccc(OC(F)(F)F)cc2)CC1. The molecule has 6 heteroatoms. The summed E-state index contributed by atoms with van der Waals surface area (Å²) >= 11 is 0. The van der Waals surface area contributed by atoms with Gasteiger partial charge in [0.2, 0.25) is 0 Å². The van der Waals surface area contributed by atoms with Crippen molar-refractivity contribution in [3.05, 3.63) is 29.8 Å². The predicted molar refractivity (Wildman–Crippen MR) is 74.8 cm³/mol. The van der Waals surface area contributed by atoms with E-state index in [9.17, 15) is 13.2 Å². The average Bonchev–Trinajstić information content (AvgIpc) is 2.42. The first-order valence-corrected chi connectivity index (χ1v) is 7.29. The number of ether oxygens (including phenoxy) is 1. The van der Waals surface area contributed by atoms with E-state index in [2.05, 4.69) is 22.1 Å². The van der Waals surface area contributed by atoms with Crippen molar-refractivity contribution < 1.29 is 17.9 Å². The number of benzene rings is 1. The molecule has 2 rings (SSSR count). The summed E-state index contributed by atoms with van der Waals surface area (Å²) in [5.74, 6) is 0.433. The van der Waals surface area contributed by atoms with Crippen LogP contribution in [0.25, 0.3) is 0 Å². The second-order valence-electron chi connectivity index (χ2n) is 5.34. The molecule has 0 bridgehead atoms. The van der Waals surface area contributed by atoms with Gasteiger partial charge in [0.15, 0.2) is 0 Å². The number of hydrogen-bond acceptors (Lipinski definition) is 3. The van der Waals surface area contributed by atoms with Crippen LogP contribution in [0, 0.1) is 5.92 Å². The van der Waals surface area contributed by atoms with Crippen molar-refractivity contribution in [3.63, 3.8) is 0 Å². The summed E-state index contributed by atoms with van der Waals surface area (Å²) in [6.07, 6.45) is -1.51. The minimum absolute atomic E-state index is 0.159. The summed E-state index contributed by atoms with van der Waals surface area (Å²) in [5.41, 5.74) is 4.37. The molecule has 118 valence electrons. The molecule has 0 unspecified atom stereocenters. The van der Waals surface area contributed by atoms with Crippen LogP contribution in [0.4, 0.5) is 13.2 Å². The Morgan fingerprint density at radius 3 is 2.33 bits per heavy atom. The lowest BCUT2D eigenvalue weighted by Crippen LogP contribution is -2.43. The topological polar surface area (TPSA) is 24.5 Å². The quantitative estimate of drug-likeness (QED) is 0.902. The molecular weight excluding hydrogens is 281 g/mol. The van der Waals surface area contributed by atoms with E-state index in [0.29, 0.717) is 5.92 Å². The first kappa shape index (κ1) is 16.1. The number of piperidine rings is 1. The molecule has 21 heavy (non-hydrogen) atoms. The fourth-order valence-corrected chi connectivity index (χ4v) is 2.68. The van der Waals surface area contributed by atoms with Crippen LogP contribution in [0.1, 0.15) is 25.3 Å². The Kier molecular flexibility index (Phi) is 5.47. The van der Waals surface area contributed by atoms with Crippen LogP contribution in [0.3, 0.4) is 0 Å². The average molecular weight is 302 g/mol. The van der Waals surface area contributed by atoms with Crippen molar-refractivity contribution in [1.82, 2.24) is 10.4 Å². The van der Waals surface area contributed by atoms with E-state index in [1.807, 2.05) is 0 Å². The predicted octanol–water partition coefficient (Wildman–Crippen LogP) is 3.36. The van der Waals surface area contributed by atoms with Gasteiger partial charge >= 0.3 is 6.36 Å². The van der Waals surface area contributed by atoms with E-state index in [1.165, 1.54) is 12.1 Å². The van der Waals surface area contributed by atoms with Crippen molar-refractivity contribution in [1.29, 1.82) is 0 Å². The fraction of sp³-hybridized carbons (Fsp3) is 0.600. The zero-order valence-electron chi connectivity index (χ0n) is 12.1. The fourth-order valence-electron chi connectivity index (χ4n) is 2.68. The Hall–Kier alpha value is -1.27. The summed E-state index contributed by atoms with van der Waals surface area (Å²) in [5, 5.41) is 2.23. The van der Waals surface area contributed by atoms with E-state index >= 15 is 0 Å². The minimum Gasteiger partial charge on any atom is -0.406 e. The summed E-state index contributed by atoms with van der Waals surface area (Å²) < 4.78 is 40.1. The third-order valence-corrected chi connectivity index (χ3v) is 3.68. The molecule has 0 aromatic heterocycles. The number of nitrogens with one attached hydrogen (secondary N) is 1. The molecule has 0 aliphatic carbocycles. The first-order chi connectivity index (χ1) is 9.96. The largest absolute Gasteiger partial charge is 0.573 e. The second-order valence-corrected chi connectivity index (χ2v) is 5.34. The molecule has 3 nitrogen and oxygen atoms in total. The molecule has 0 atom stereocenters. The van der Waals surface area contributed by atoms with Crippen LogP contribution in [-0.2, 0) is 6.42 Å². The van der Waals surface area contributed by atoms with Gasteiger partial charge in [-0.05, 0) is 42.9 Å². The number of nitrogens with zero attached hydrogens (tertiary/aromatic N) is 1. The monoisotopic (exact) mass is 302 g/mol. The maximum atomic E-state index is 12.1. The van der Waals surface area contributed by atoms with E-state index in [1.54, 1.807) is 12.1 Å². The number of alkyl halides is 3. The molecule has 1 saturated heterocycles. The molecule has 1 fully saturated rings. The molecule has 1 aromatic rings. The van der Waals surface area contributed by atoms with Gasteiger partial charge in [-0.25, -0.2) is 5.01 Å². The third kappa shape index (κ3) is 5.55. The van der Waals surface area contributed by atoms with E-state index in [0.717, 1.165) is 44.5 Å². The Balaban J connectivity index is 1.81. The summed E-state index contributed by atoms with van der Waals surface area (Å²) in [4.78, 5) is 0. The summed E-state index contributed by atoms with van der Waals surface area (Å²) in [7, 11) is 0. The van der Waals surface area contributed by atoms with E-state index in [4.69, 9.17) is 0 Å². The highest BCUT2D eigenvalue weighted by atomic mass is 19.4. The second kappa shape index (κ2) is 7.13. The maximum Gasteiger partial charge on any atom is 0.573 e. The van der Waals surface area contributed by atoms with Crippen LogP contribution < -0.4 is 10.2 Å². The van der Waals surface area contributed by atoms with Gasteiger partial charge in [-0.2, -0.15) is 0 Å². The molecule has 0 amide bonds. The number of halogens is 3. The van der Waals surface area contributed by atoms with Gasteiger partial charge in [0.05, 0.1) is 0 Å². The molecule has 1 aliphatic rings. The standard InChI is InChI=1S/C15H21F3N2O/c1-2-19-20-9-7-13(8-10-20)11-12-3-5-14(6-4-12)21-15(16,17)18/h3-6,13,19H,2,7-11H2,1H3. The van der Waals surface area contributed by atoms with E-state index < -0.39 is 6.36 Å². The highest BCUT2D eigenvalue weighted by Crippen LogP contribution is 2.25. The van der Waals surface area contributed by atoms with Crippen molar-refractivity contribution in [2.45, 2.75) is 32.5 Å². The highest BCUT2D eigenvalue weighted by molar-refractivity contribution is 5.27. The minimum atomic E-state index is -4.62. The van der Waals surface area contributed by atoms with Crippen LogP contribution >= 0.6 is 0 Å². The molecule has 0 saturated carbocycles. The maximum absolute atomic E-state index is 12.1. The van der Waals surface area contributed by atoms with Crippen molar-refractivity contribution >= 4 is 0 Å². The normalized spacial score (nSPS) is 17.9. The molecule has 0 radical (unpaired) electrons. The van der Waals surface area contributed by atoms with Crippen LogP contribution in [0.15, 0.2) is 24.3 Å². The molecule has 1 N–H and O–H groups in total. The smallest absolute Gasteiger partial charge is 0.406 e. The molecular formula is C15H21F3N2O. The lowest BCUT2D eigenvalue weighted by Gasteiger charge is -2.32. The van der Waals surface area contributed by atoms with Crippen LogP contribution in [-0.4, -0.2) is 31.0 Å². The van der Waals surface area contributed by atoms with Gasteiger partial charge in [0.1, 0.15) is 5.75 Å². The van der Waals surface area contributed by atoms with Gasteiger partial charge in [-0.15, -0.1) is 13.2 Å². The first-order valence-electron chi connectivity index (χ1n) is 7.29. The van der Waals surface area contributed by atoms with Gasteiger partial charge in [0, 0.05) is 19.6 Å². The molecule has 1 heterocycles. The van der Waals surface area contributed by atoms with Crippen molar-refractivity contribution in [2.75, 3.05) is 19.6 Å². The van der Waals surface area contributed by atoms with Gasteiger partial charge in [-0.3, -0.25) is 5.43 Å². The van der Waals surface area contributed by atoms with Crippen LogP contribution in [0.5, 0.6) is 5.75 Å². The van der Waals surface area contributed by atoms with Gasteiger partial charge in [-0.1, -0.05) is 19.1 Å². The van der Waals surface area contributed by atoms with Gasteiger partial charge in [0.25, 0.3) is 0 Å². The molecule has 1 aliphatic heterocycles. The van der Waals surface area contributed by atoms with Gasteiger partial charge < -0.3 is 4.74 Å². The van der Waals surface area contributed by atoms with Crippen molar-refractivity contribution in [3.8, 4) is 5.75 Å². The summed E-state index contributed by atoms with van der Waals surface area (Å²) in [6.45, 7) is 5.06. The third-order valence-electron chi connectivity index (χ3n) is 3.68. The number of hydrogen-bond donors (Lipinski definition) is 1. The number of hydrazine groups is 1. The molecule has 0 spiro atoms. The van der Waals surface area contributed by atoms with Crippen molar-refractivity contribution in [2.24, 2.45) is 5.92 Å². The Morgan fingerprint density at radius 1 is 1.19 bits per heavy atom. The lowest BCUT2D eigenvalue weighted by molar-refractivity contribution is -0.274.